The standard InChI is InChI=1S/C14H20BrNO2/c1-9(17)14(2,3)16-8-11-7-12(15)6-10-4-5-18-13(10)11/h6-7,9,16-17H,4-5,8H2,1-3H3. The van der Waals surface area contributed by atoms with E-state index in [-0.39, 0.29) is 5.54 Å². The summed E-state index contributed by atoms with van der Waals surface area (Å²) >= 11 is 3.53. The Hall–Kier alpha value is -0.580. The van der Waals surface area contributed by atoms with Gasteiger partial charge in [0.05, 0.1) is 12.7 Å². The number of nitrogens with one attached hydrogen (secondary N) is 1. The number of hydrogen-bond acceptors (Lipinski definition) is 3. The van der Waals surface area contributed by atoms with Crippen molar-refractivity contribution in [1.82, 2.24) is 5.32 Å². The van der Waals surface area contributed by atoms with Gasteiger partial charge in [-0.2, -0.15) is 0 Å². The third-order valence-electron chi connectivity index (χ3n) is 3.60. The Labute approximate surface area is 117 Å². The molecule has 0 aromatic heterocycles. The summed E-state index contributed by atoms with van der Waals surface area (Å²) in [5, 5.41) is 13.1. The Morgan fingerprint density at radius 3 is 2.89 bits per heavy atom. The summed E-state index contributed by atoms with van der Waals surface area (Å²) in [6.07, 6.45) is 0.570. The van der Waals surface area contributed by atoms with Crippen LogP contribution in [-0.4, -0.2) is 23.4 Å². The van der Waals surface area contributed by atoms with Crippen molar-refractivity contribution in [2.45, 2.75) is 45.4 Å². The molecule has 1 aromatic rings. The van der Waals surface area contributed by atoms with Gasteiger partial charge in [0.15, 0.2) is 0 Å². The predicted molar refractivity (Wildman–Crippen MR) is 75.9 cm³/mol. The Morgan fingerprint density at radius 2 is 2.22 bits per heavy atom. The second kappa shape index (κ2) is 5.19. The predicted octanol–water partition coefficient (Wildman–Crippen LogP) is 2.63. The number of rotatable bonds is 4. The zero-order chi connectivity index (χ0) is 13.3. The topological polar surface area (TPSA) is 41.5 Å². The van der Waals surface area contributed by atoms with Crippen LogP contribution in [0, 0.1) is 0 Å². The number of benzene rings is 1. The van der Waals surface area contributed by atoms with Crippen molar-refractivity contribution in [2.75, 3.05) is 6.61 Å². The minimum absolute atomic E-state index is 0.312. The maximum Gasteiger partial charge on any atom is 0.127 e. The van der Waals surface area contributed by atoms with E-state index in [0.29, 0.717) is 6.54 Å². The highest BCUT2D eigenvalue weighted by molar-refractivity contribution is 9.10. The van der Waals surface area contributed by atoms with Crippen molar-refractivity contribution in [3.63, 3.8) is 0 Å². The smallest absolute Gasteiger partial charge is 0.127 e. The van der Waals surface area contributed by atoms with Crippen LogP contribution in [0.4, 0.5) is 0 Å². The highest BCUT2D eigenvalue weighted by Gasteiger charge is 2.24. The van der Waals surface area contributed by atoms with E-state index in [2.05, 4.69) is 33.4 Å². The molecule has 18 heavy (non-hydrogen) atoms. The summed E-state index contributed by atoms with van der Waals surface area (Å²) in [7, 11) is 0. The lowest BCUT2D eigenvalue weighted by molar-refractivity contribution is 0.0955. The molecule has 0 fully saturated rings. The SMILES string of the molecule is CC(O)C(C)(C)NCc1cc(Br)cc2c1OCC2. The molecule has 1 atom stereocenters. The van der Waals surface area contributed by atoms with Gasteiger partial charge < -0.3 is 15.2 Å². The Balaban J connectivity index is 2.15. The van der Waals surface area contributed by atoms with E-state index in [1.807, 2.05) is 13.8 Å². The highest BCUT2D eigenvalue weighted by Crippen LogP contribution is 2.33. The summed E-state index contributed by atoms with van der Waals surface area (Å²) in [5.74, 6) is 1.01. The Bertz CT molecular complexity index is 444. The van der Waals surface area contributed by atoms with Gasteiger partial charge in [0.1, 0.15) is 5.75 Å². The summed E-state index contributed by atoms with van der Waals surface area (Å²) < 4.78 is 6.77. The molecule has 1 aliphatic rings. The average Bonchev–Trinajstić information content (AvgIpc) is 2.73. The molecule has 0 aliphatic carbocycles. The number of ether oxygens (including phenoxy) is 1. The van der Waals surface area contributed by atoms with Crippen molar-refractivity contribution < 1.29 is 9.84 Å². The lowest BCUT2D eigenvalue weighted by Gasteiger charge is -2.29. The van der Waals surface area contributed by atoms with Crippen LogP contribution in [0.3, 0.4) is 0 Å². The molecular weight excluding hydrogens is 294 g/mol. The quantitative estimate of drug-likeness (QED) is 0.898. The van der Waals surface area contributed by atoms with E-state index < -0.39 is 6.10 Å². The number of halogens is 1. The fourth-order valence-corrected chi connectivity index (χ4v) is 2.50. The van der Waals surface area contributed by atoms with Crippen molar-refractivity contribution >= 4 is 15.9 Å². The number of fused-ring (bicyclic) bond motifs is 1. The number of aliphatic hydroxyl groups is 1. The number of hydrogen-bond donors (Lipinski definition) is 2. The molecular formula is C14H20BrNO2. The van der Waals surface area contributed by atoms with E-state index in [1.54, 1.807) is 6.92 Å². The molecule has 0 spiro atoms. The van der Waals surface area contributed by atoms with Crippen LogP contribution in [-0.2, 0) is 13.0 Å². The summed E-state index contributed by atoms with van der Waals surface area (Å²) in [5.41, 5.74) is 2.09. The fourth-order valence-electron chi connectivity index (χ4n) is 1.95. The second-order valence-corrected chi connectivity index (χ2v) is 6.32. The van der Waals surface area contributed by atoms with E-state index in [0.717, 1.165) is 28.8 Å². The largest absolute Gasteiger partial charge is 0.493 e. The minimum Gasteiger partial charge on any atom is -0.493 e. The van der Waals surface area contributed by atoms with Gasteiger partial charge in [0, 0.05) is 28.5 Å². The van der Waals surface area contributed by atoms with Crippen molar-refractivity contribution in [2.24, 2.45) is 0 Å². The van der Waals surface area contributed by atoms with Crippen LogP contribution in [0.15, 0.2) is 16.6 Å². The van der Waals surface area contributed by atoms with Gasteiger partial charge in [0.2, 0.25) is 0 Å². The summed E-state index contributed by atoms with van der Waals surface area (Å²) in [6, 6.07) is 4.20. The van der Waals surface area contributed by atoms with Crippen molar-refractivity contribution in [3.05, 3.63) is 27.7 Å². The van der Waals surface area contributed by atoms with E-state index in [9.17, 15) is 5.11 Å². The molecule has 1 unspecified atom stereocenters. The van der Waals surface area contributed by atoms with Crippen LogP contribution in [0.1, 0.15) is 31.9 Å². The Kier molecular flexibility index (Phi) is 3.99. The monoisotopic (exact) mass is 313 g/mol. The molecule has 4 heteroatoms. The average molecular weight is 314 g/mol. The second-order valence-electron chi connectivity index (χ2n) is 5.40. The van der Waals surface area contributed by atoms with Gasteiger partial charge in [-0.1, -0.05) is 15.9 Å². The zero-order valence-corrected chi connectivity index (χ0v) is 12.7. The molecule has 2 rings (SSSR count). The molecule has 0 saturated carbocycles. The lowest BCUT2D eigenvalue weighted by Crippen LogP contribution is -2.47. The molecule has 1 aliphatic heterocycles. The first-order valence-electron chi connectivity index (χ1n) is 6.27. The van der Waals surface area contributed by atoms with Gasteiger partial charge in [-0.3, -0.25) is 0 Å². The van der Waals surface area contributed by atoms with E-state index in [1.165, 1.54) is 5.56 Å². The normalized spacial score (nSPS) is 16.3. The van der Waals surface area contributed by atoms with Gasteiger partial charge in [0.25, 0.3) is 0 Å². The molecule has 1 heterocycles. The maximum atomic E-state index is 9.70. The molecule has 3 nitrogen and oxygen atoms in total. The molecule has 0 saturated heterocycles. The summed E-state index contributed by atoms with van der Waals surface area (Å²) in [6.45, 7) is 7.25. The molecule has 0 radical (unpaired) electrons. The number of aliphatic hydroxyl groups excluding tert-OH is 1. The minimum atomic E-state index is -0.404. The third-order valence-corrected chi connectivity index (χ3v) is 4.06. The van der Waals surface area contributed by atoms with E-state index in [4.69, 9.17) is 4.74 Å². The molecule has 2 N–H and O–H groups in total. The van der Waals surface area contributed by atoms with Crippen LogP contribution in [0.5, 0.6) is 5.75 Å². The zero-order valence-electron chi connectivity index (χ0n) is 11.1. The third kappa shape index (κ3) is 2.87. The van der Waals surface area contributed by atoms with Gasteiger partial charge in [-0.25, -0.2) is 0 Å². The first-order valence-corrected chi connectivity index (χ1v) is 7.06. The van der Waals surface area contributed by atoms with Crippen LogP contribution < -0.4 is 10.1 Å². The van der Waals surface area contributed by atoms with Crippen LogP contribution in [0.25, 0.3) is 0 Å². The molecule has 0 amide bonds. The fraction of sp³-hybridized carbons (Fsp3) is 0.571. The highest BCUT2D eigenvalue weighted by atomic mass is 79.9. The van der Waals surface area contributed by atoms with Gasteiger partial charge in [-0.05, 0) is 38.5 Å². The summed E-state index contributed by atoms with van der Waals surface area (Å²) in [4.78, 5) is 0. The molecule has 1 aromatic carbocycles. The van der Waals surface area contributed by atoms with E-state index >= 15 is 0 Å². The molecule has 100 valence electrons. The van der Waals surface area contributed by atoms with Gasteiger partial charge in [-0.15, -0.1) is 0 Å². The maximum absolute atomic E-state index is 9.70. The molecule has 0 bridgehead atoms. The van der Waals surface area contributed by atoms with Crippen molar-refractivity contribution in [3.8, 4) is 5.75 Å². The first-order chi connectivity index (χ1) is 8.40. The Morgan fingerprint density at radius 1 is 1.50 bits per heavy atom. The van der Waals surface area contributed by atoms with Crippen LogP contribution >= 0.6 is 15.9 Å². The first kappa shape index (κ1) is 13.8. The van der Waals surface area contributed by atoms with Crippen molar-refractivity contribution in [1.29, 1.82) is 0 Å². The lowest BCUT2D eigenvalue weighted by atomic mass is 9.98. The van der Waals surface area contributed by atoms with Gasteiger partial charge >= 0.3 is 0 Å². The van der Waals surface area contributed by atoms with Crippen LogP contribution in [0.2, 0.25) is 0 Å².